The van der Waals surface area contributed by atoms with Gasteiger partial charge < -0.3 is 15.3 Å². The molecular weight excluding hydrogens is 391 g/mol. The standard InChI is InChI=1S/C20H17FN6O3/c1-10-14-7-12(21)4-5-13(14)20(28)27(3)30-19-17(15(8-22)26(2)25-19)11-6-16(29-10)18(23)24-9-11/h4-7,9-10H,1-3H3,(H2,23,24)/t10-/m1/s1. The Morgan fingerprint density at radius 3 is 2.80 bits per heavy atom. The minimum atomic E-state index is -0.726. The molecule has 1 aliphatic heterocycles. The van der Waals surface area contributed by atoms with Gasteiger partial charge in [-0.1, -0.05) is 0 Å². The number of halogens is 1. The van der Waals surface area contributed by atoms with Crippen molar-refractivity contribution in [2.24, 2.45) is 7.05 Å². The van der Waals surface area contributed by atoms with Crippen molar-refractivity contribution in [2.75, 3.05) is 12.8 Å². The van der Waals surface area contributed by atoms with Gasteiger partial charge in [0, 0.05) is 37.0 Å². The van der Waals surface area contributed by atoms with Crippen LogP contribution in [0.5, 0.6) is 11.6 Å². The van der Waals surface area contributed by atoms with Crippen molar-refractivity contribution in [3.63, 3.8) is 0 Å². The number of carbonyl (C=O) groups excluding carboxylic acids is 1. The van der Waals surface area contributed by atoms with Gasteiger partial charge in [0.05, 0.1) is 5.56 Å². The lowest BCUT2D eigenvalue weighted by atomic mass is 10.0. The Bertz CT molecular complexity index is 1220. The van der Waals surface area contributed by atoms with E-state index in [9.17, 15) is 14.4 Å². The molecule has 152 valence electrons. The zero-order valence-electron chi connectivity index (χ0n) is 16.4. The number of ether oxygens (including phenoxy) is 1. The van der Waals surface area contributed by atoms with E-state index in [0.717, 1.165) is 5.06 Å². The van der Waals surface area contributed by atoms with Gasteiger partial charge in [-0.05, 0) is 31.2 Å². The maximum atomic E-state index is 13.9. The van der Waals surface area contributed by atoms with E-state index in [-0.39, 0.29) is 28.7 Å². The fraction of sp³-hybridized carbons (Fsp3) is 0.200. The Morgan fingerprint density at radius 2 is 2.07 bits per heavy atom. The van der Waals surface area contributed by atoms with Gasteiger partial charge in [-0.2, -0.15) is 10.3 Å². The highest BCUT2D eigenvalue weighted by atomic mass is 19.1. The van der Waals surface area contributed by atoms with E-state index in [4.69, 9.17) is 15.3 Å². The first-order valence-corrected chi connectivity index (χ1v) is 8.95. The van der Waals surface area contributed by atoms with Crippen molar-refractivity contribution in [1.29, 1.82) is 5.26 Å². The number of amides is 1. The van der Waals surface area contributed by atoms with Gasteiger partial charge in [-0.25, -0.2) is 9.37 Å². The Labute approximate surface area is 171 Å². The average molecular weight is 408 g/mol. The molecule has 1 aromatic carbocycles. The molecule has 0 saturated heterocycles. The summed E-state index contributed by atoms with van der Waals surface area (Å²) in [6, 6.07) is 7.44. The number of anilines is 1. The van der Waals surface area contributed by atoms with E-state index in [1.165, 1.54) is 36.1 Å². The lowest BCUT2D eigenvalue weighted by Crippen LogP contribution is -2.32. The topological polar surface area (TPSA) is 119 Å². The van der Waals surface area contributed by atoms with Crippen LogP contribution in [0.4, 0.5) is 10.2 Å². The van der Waals surface area contributed by atoms with Crippen molar-refractivity contribution in [1.82, 2.24) is 19.8 Å². The number of nitrogens with two attached hydrogens (primary N) is 1. The number of aromatic nitrogens is 3. The summed E-state index contributed by atoms with van der Waals surface area (Å²) in [7, 11) is 2.99. The molecule has 0 saturated carbocycles. The van der Waals surface area contributed by atoms with E-state index < -0.39 is 17.8 Å². The second-order valence-corrected chi connectivity index (χ2v) is 6.76. The SMILES string of the molecule is C[C@H]1Oc2cc(cnc2N)-c2c(nn(C)c2C#N)ON(C)C(=O)c2ccc(F)cc21. The van der Waals surface area contributed by atoms with Gasteiger partial charge in [0.2, 0.25) is 0 Å². The van der Waals surface area contributed by atoms with Crippen LogP contribution in [0.3, 0.4) is 0 Å². The number of nitrogen functional groups attached to an aromatic ring is 1. The lowest BCUT2D eigenvalue weighted by Gasteiger charge is -2.23. The minimum absolute atomic E-state index is 0.0275. The van der Waals surface area contributed by atoms with Crippen LogP contribution in [0.2, 0.25) is 0 Å². The Morgan fingerprint density at radius 1 is 1.30 bits per heavy atom. The van der Waals surface area contributed by atoms with Crippen LogP contribution in [0.1, 0.15) is 34.6 Å². The van der Waals surface area contributed by atoms with Crippen molar-refractivity contribution in [3.8, 4) is 28.8 Å². The highest BCUT2D eigenvalue weighted by Gasteiger charge is 2.28. The first-order valence-electron chi connectivity index (χ1n) is 8.95. The van der Waals surface area contributed by atoms with Crippen LogP contribution in [0, 0.1) is 17.1 Å². The molecule has 1 atom stereocenters. The number of nitrogens with zero attached hydrogens (tertiary/aromatic N) is 5. The highest BCUT2D eigenvalue weighted by Crippen LogP contribution is 2.38. The van der Waals surface area contributed by atoms with Crippen LogP contribution in [0.15, 0.2) is 30.5 Å². The van der Waals surface area contributed by atoms with Crippen molar-refractivity contribution in [2.45, 2.75) is 13.0 Å². The fourth-order valence-electron chi connectivity index (χ4n) is 3.30. The highest BCUT2D eigenvalue weighted by molar-refractivity contribution is 5.95. The molecule has 3 heterocycles. The summed E-state index contributed by atoms with van der Waals surface area (Å²) >= 11 is 0. The number of aryl methyl sites for hydroxylation is 1. The third-order valence-corrected chi connectivity index (χ3v) is 4.79. The molecule has 9 nitrogen and oxygen atoms in total. The number of pyridine rings is 1. The molecule has 0 spiro atoms. The van der Waals surface area contributed by atoms with Crippen LogP contribution in [-0.4, -0.2) is 32.8 Å². The van der Waals surface area contributed by atoms with Gasteiger partial charge in [-0.3, -0.25) is 9.48 Å². The second kappa shape index (κ2) is 7.04. The molecule has 0 aliphatic carbocycles. The molecule has 4 rings (SSSR count). The predicted octanol–water partition coefficient (Wildman–Crippen LogP) is 2.59. The number of rotatable bonds is 0. The quantitative estimate of drug-likeness (QED) is 0.607. The maximum Gasteiger partial charge on any atom is 0.286 e. The molecule has 0 radical (unpaired) electrons. The van der Waals surface area contributed by atoms with E-state index in [0.29, 0.717) is 16.7 Å². The maximum absolute atomic E-state index is 13.9. The fourth-order valence-corrected chi connectivity index (χ4v) is 3.30. The zero-order chi connectivity index (χ0) is 21.6. The van der Waals surface area contributed by atoms with Crippen LogP contribution in [-0.2, 0) is 7.05 Å². The van der Waals surface area contributed by atoms with E-state index in [2.05, 4.69) is 16.2 Å². The Balaban J connectivity index is 1.98. The molecule has 30 heavy (non-hydrogen) atoms. The summed E-state index contributed by atoms with van der Waals surface area (Å²) in [6.07, 6.45) is 0.731. The lowest BCUT2D eigenvalue weighted by molar-refractivity contribution is -0.0173. The molecule has 2 bridgehead atoms. The van der Waals surface area contributed by atoms with Crippen molar-refractivity contribution >= 4 is 11.7 Å². The molecule has 3 aromatic rings. The molecule has 1 amide bonds. The second-order valence-electron chi connectivity index (χ2n) is 6.76. The Hall–Kier alpha value is -4.13. The number of carbonyl (C=O) groups is 1. The predicted molar refractivity (Wildman–Crippen MR) is 104 cm³/mol. The van der Waals surface area contributed by atoms with Gasteiger partial charge >= 0.3 is 0 Å². The molecule has 0 unspecified atom stereocenters. The third kappa shape index (κ3) is 3.06. The normalized spacial score (nSPS) is 15.6. The molecule has 0 fully saturated rings. The minimum Gasteiger partial charge on any atom is -0.482 e. The van der Waals surface area contributed by atoms with Crippen LogP contribution < -0.4 is 15.3 Å². The molecule has 10 heteroatoms. The van der Waals surface area contributed by atoms with Gasteiger partial charge in [0.15, 0.2) is 11.6 Å². The molecule has 2 aromatic heterocycles. The smallest absolute Gasteiger partial charge is 0.286 e. The summed E-state index contributed by atoms with van der Waals surface area (Å²) in [5.41, 5.74) is 7.48. The molecular formula is C20H17FN6O3. The van der Waals surface area contributed by atoms with E-state index in [1.807, 2.05) is 0 Å². The summed E-state index contributed by atoms with van der Waals surface area (Å²) in [4.78, 5) is 22.9. The van der Waals surface area contributed by atoms with Gasteiger partial charge in [0.25, 0.3) is 11.8 Å². The number of hydrogen-bond donors (Lipinski definition) is 1. The zero-order valence-corrected chi connectivity index (χ0v) is 16.4. The monoisotopic (exact) mass is 408 g/mol. The third-order valence-electron chi connectivity index (χ3n) is 4.79. The van der Waals surface area contributed by atoms with Crippen LogP contribution >= 0.6 is 0 Å². The van der Waals surface area contributed by atoms with Crippen molar-refractivity contribution < 1.29 is 18.8 Å². The van der Waals surface area contributed by atoms with Crippen LogP contribution in [0.25, 0.3) is 11.1 Å². The van der Waals surface area contributed by atoms with E-state index in [1.54, 1.807) is 20.0 Å². The molecule has 2 N–H and O–H groups in total. The van der Waals surface area contributed by atoms with E-state index >= 15 is 0 Å². The number of hydrogen-bond acceptors (Lipinski definition) is 7. The average Bonchev–Trinajstić information content (AvgIpc) is 3.03. The summed E-state index contributed by atoms with van der Waals surface area (Å²) in [5, 5.41) is 14.8. The number of fused-ring (bicyclic) bond motifs is 5. The first-order chi connectivity index (χ1) is 14.3. The number of hydroxylamine groups is 2. The van der Waals surface area contributed by atoms with Gasteiger partial charge in [-0.15, -0.1) is 5.10 Å². The number of benzene rings is 1. The summed E-state index contributed by atoms with van der Waals surface area (Å²) in [6.45, 7) is 1.67. The largest absolute Gasteiger partial charge is 0.482 e. The summed E-state index contributed by atoms with van der Waals surface area (Å²) < 4.78 is 21.2. The Kier molecular flexibility index (Phi) is 4.50. The van der Waals surface area contributed by atoms with Gasteiger partial charge in [0.1, 0.15) is 23.7 Å². The first kappa shape index (κ1) is 19.2. The summed E-state index contributed by atoms with van der Waals surface area (Å²) in [5.74, 6) is -0.701. The van der Waals surface area contributed by atoms with Crippen molar-refractivity contribution in [3.05, 3.63) is 53.1 Å². The molecule has 1 aliphatic rings. The number of nitriles is 1.